The maximum absolute atomic E-state index is 11.8. The average Bonchev–Trinajstić information content (AvgIpc) is 2.79. The van der Waals surface area contributed by atoms with Crippen molar-refractivity contribution in [1.29, 1.82) is 0 Å². The second kappa shape index (κ2) is 6.57. The first kappa shape index (κ1) is 15.3. The van der Waals surface area contributed by atoms with Crippen LogP contribution in [0.3, 0.4) is 0 Å². The van der Waals surface area contributed by atoms with E-state index in [1.165, 1.54) is 5.56 Å². The standard InChI is InChI=1S/C17H23N3O/c1-5-6-16(21)14-7-9-15(10-8-14)18-11(2)17-12(3)19-20-13(17)4/h7-11,18H,5-6H2,1-4H3,(H,19,20). The van der Waals surface area contributed by atoms with E-state index in [-0.39, 0.29) is 11.8 Å². The Hall–Kier alpha value is -2.10. The molecule has 0 aliphatic heterocycles. The Bertz CT molecular complexity index is 594. The number of hydrogen-bond acceptors (Lipinski definition) is 3. The molecule has 0 fully saturated rings. The lowest BCUT2D eigenvalue weighted by Gasteiger charge is -2.16. The molecule has 21 heavy (non-hydrogen) atoms. The van der Waals surface area contributed by atoms with Gasteiger partial charge in [0.25, 0.3) is 0 Å². The molecule has 0 spiro atoms. The number of hydrogen-bond donors (Lipinski definition) is 2. The molecule has 0 radical (unpaired) electrons. The molecular weight excluding hydrogens is 262 g/mol. The van der Waals surface area contributed by atoms with Crippen LogP contribution in [0.5, 0.6) is 0 Å². The highest BCUT2D eigenvalue weighted by atomic mass is 16.1. The minimum atomic E-state index is 0.168. The number of anilines is 1. The summed E-state index contributed by atoms with van der Waals surface area (Å²) >= 11 is 0. The molecule has 1 aromatic heterocycles. The molecule has 0 aliphatic carbocycles. The van der Waals surface area contributed by atoms with Crippen molar-refractivity contribution < 1.29 is 4.79 Å². The Balaban J connectivity index is 2.08. The lowest BCUT2D eigenvalue weighted by atomic mass is 10.0. The zero-order valence-corrected chi connectivity index (χ0v) is 13.2. The molecule has 0 bridgehead atoms. The van der Waals surface area contributed by atoms with Crippen LogP contribution >= 0.6 is 0 Å². The summed E-state index contributed by atoms with van der Waals surface area (Å²) in [4.78, 5) is 11.8. The normalized spacial score (nSPS) is 12.2. The predicted molar refractivity (Wildman–Crippen MR) is 85.8 cm³/mol. The lowest BCUT2D eigenvalue weighted by molar-refractivity contribution is 0.0982. The lowest BCUT2D eigenvalue weighted by Crippen LogP contribution is -2.08. The van der Waals surface area contributed by atoms with Crippen LogP contribution in [0.1, 0.15) is 60.0 Å². The zero-order valence-electron chi connectivity index (χ0n) is 13.2. The van der Waals surface area contributed by atoms with E-state index >= 15 is 0 Å². The molecule has 112 valence electrons. The first-order valence-electron chi connectivity index (χ1n) is 7.44. The first-order valence-corrected chi connectivity index (χ1v) is 7.44. The number of aryl methyl sites for hydroxylation is 2. The minimum absolute atomic E-state index is 0.168. The number of carbonyl (C=O) groups excluding carboxylic acids is 1. The molecule has 0 saturated heterocycles. The summed E-state index contributed by atoms with van der Waals surface area (Å²) in [5.41, 5.74) is 5.09. The molecule has 2 rings (SSSR count). The van der Waals surface area contributed by atoms with Crippen molar-refractivity contribution >= 4 is 11.5 Å². The van der Waals surface area contributed by atoms with Gasteiger partial charge in [-0.2, -0.15) is 5.10 Å². The van der Waals surface area contributed by atoms with Crippen LogP contribution in [0.25, 0.3) is 0 Å². The highest BCUT2D eigenvalue weighted by Gasteiger charge is 2.14. The fourth-order valence-electron chi connectivity index (χ4n) is 2.64. The molecule has 2 aromatic rings. The fraction of sp³-hybridized carbons (Fsp3) is 0.412. The van der Waals surface area contributed by atoms with Gasteiger partial charge < -0.3 is 5.32 Å². The van der Waals surface area contributed by atoms with Crippen molar-refractivity contribution in [3.63, 3.8) is 0 Å². The highest BCUT2D eigenvalue weighted by molar-refractivity contribution is 5.96. The maximum Gasteiger partial charge on any atom is 0.162 e. The third-order valence-corrected chi connectivity index (χ3v) is 3.69. The molecule has 0 amide bonds. The smallest absolute Gasteiger partial charge is 0.162 e. The minimum Gasteiger partial charge on any atom is -0.378 e. The average molecular weight is 285 g/mol. The van der Waals surface area contributed by atoms with Crippen LogP contribution in [-0.2, 0) is 0 Å². The largest absolute Gasteiger partial charge is 0.378 e. The number of nitrogens with one attached hydrogen (secondary N) is 2. The quantitative estimate of drug-likeness (QED) is 0.783. The monoisotopic (exact) mass is 285 g/mol. The number of Topliss-reactive ketones (excluding diaryl/α,β-unsaturated/α-hetero) is 1. The summed E-state index contributed by atoms with van der Waals surface area (Å²) < 4.78 is 0. The van der Waals surface area contributed by atoms with E-state index in [9.17, 15) is 4.79 Å². The molecule has 0 aliphatic rings. The number of nitrogens with zero attached hydrogens (tertiary/aromatic N) is 1. The van der Waals surface area contributed by atoms with E-state index in [1.807, 2.05) is 45.0 Å². The Morgan fingerprint density at radius 3 is 2.48 bits per heavy atom. The number of aromatic amines is 1. The molecule has 1 aromatic carbocycles. The SMILES string of the molecule is CCCC(=O)c1ccc(NC(C)c2c(C)n[nH]c2C)cc1. The Morgan fingerprint density at radius 2 is 1.95 bits per heavy atom. The second-order valence-electron chi connectivity index (χ2n) is 5.46. The van der Waals surface area contributed by atoms with Crippen molar-refractivity contribution in [2.75, 3.05) is 5.32 Å². The van der Waals surface area contributed by atoms with Gasteiger partial charge >= 0.3 is 0 Å². The number of benzene rings is 1. The summed E-state index contributed by atoms with van der Waals surface area (Å²) in [6.07, 6.45) is 1.49. The molecule has 1 atom stereocenters. The molecule has 4 nitrogen and oxygen atoms in total. The summed E-state index contributed by atoms with van der Waals surface area (Å²) in [6, 6.07) is 7.87. The van der Waals surface area contributed by atoms with E-state index < -0.39 is 0 Å². The number of carbonyl (C=O) groups is 1. The van der Waals surface area contributed by atoms with Gasteiger partial charge in [-0.3, -0.25) is 9.89 Å². The van der Waals surface area contributed by atoms with Crippen LogP contribution in [-0.4, -0.2) is 16.0 Å². The van der Waals surface area contributed by atoms with E-state index in [1.54, 1.807) is 0 Å². The molecule has 1 unspecified atom stereocenters. The van der Waals surface area contributed by atoms with Crippen LogP contribution in [0.2, 0.25) is 0 Å². The maximum atomic E-state index is 11.8. The Morgan fingerprint density at radius 1 is 1.29 bits per heavy atom. The third kappa shape index (κ3) is 3.51. The third-order valence-electron chi connectivity index (χ3n) is 3.69. The fourth-order valence-corrected chi connectivity index (χ4v) is 2.64. The number of aromatic nitrogens is 2. The Kier molecular flexibility index (Phi) is 4.78. The van der Waals surface area contributed by atoms with Gasteiger partial charge in [0.05, 0.1) is 11.7 Å². The van der Waals surface area contributed by atoms with Crippen LogP contribution in [0, 0.1) is 13.8 Å². The molecular formula is C17H23N3O. The van der Waals surface area contributed by atoms with Gasteiger partial charge in [-0.1, -0.05) is 6.92 Å². The molecule has 0 saturated carbocycles. The van der Waals surface area contributed by atoms with Gasteiger partial charge in [0.15, 0.2) is 5.78 Å². The van der Waals surface area contributed by atoms with Gasteiger partial charge in [-0.05, 0) is 51.5 Å². The van der Waals surface area contributed by atoms with E-state index in [0.29, 0.717) is 6.42 Å². The van der Waals surface area contributed by atoms with Crippen LogP contribution in [0.15, 0.2) is 24.3 Å². The van der Waals surface area contributed by atoms with Crippen LogP contribution < -0.4 is 5.32 Å². The topological polar surface area (TPSA) is 57.8 Å². The van der Waals surface area contributed by atoms with Crippen molar-refractivity contribution in [1.82, 2.24) is 10.2 Å². The van der Waals surface area contributed by atoms with Gasteiger partial charge in [0, 0.05) is 28.9 Å². The van der Waals surface area contributed by atoms with E-state index in [4.69, 9.17) is 0 Å². The van der Waals surface area contributed by atoms with Crippen molar-refractivity contribution in [2.45, 2.75) is 46.6 Å². The van der Waals surface area contributed by atoms with Gasteiger partial charge in [-0.25, -0.2) is 0 Å². The summed E-state index contributed by atoms with van der Waals surface area (Å²) in [7, 11) is 0. The number of H-pyrrole nitrogens is 1. The number of rotatable bonds is 6. The molecule has 2 N–H and O–H groups in total. The Labute approximate surface area is 126 Å². The molecule has 4 heteroatoms. The van der Waals surface area contributed by atoms with Gasteiger partial charge in [0.2, 0.25) is 0 Å². The summed E-state index contributed by atoms with van der Waals surface area (Å²) in [5, 5.41) is 10.7. The van der Waals surface area contributed by atoms with Crippen molar-refractivity contribution in [3.05, 3.63) is 46.8 Å². The zero-order chi connectivity index (χ0) is 15.4. The van der Waals surface area contributed by atoms with Crippen molar-refractivity contribution in [2.24, 2.45) is 0 Å². The highest BCUT2D eigenvalue weighted by Crippen LogP contribution is 2.24. The number of ketones is 1. The second-order valence-corrected chi connectivity index (χ2v) is 5.46. The van der Waals surface area contributed by atoms with Crippen LogP contribution in [0.4, 0.5) is 5.69 Å². The van der Waals surface area contributed by atoms with Gasteiger partial charge in [0.1, 0.15) is 0 Å². The predicted octanol–water partition coefficient (Wildman–Crippen LogP) is 4.18. The van der Waals surface area contributed by atoms with E-state index in [0.717, 1.165) is 29.1 Å². The summed E-state index contributed by atoms with van der Waals surface area (Å²) in [5.74, 6) is 0.207. The summed E-state index contributed by atoms with van der Waals surface area (Å²) in [6.45, 7) is 8.16. The van der Waals surface area contributed by atoms with E-state index in [2.05, 4.69) is 22.4 Å². The van der Waals surface area contributed by atoms with Crippen molar-refractivity contribution in [3.8, 4) is 0 Å². The van der Waals surface area contributed by atoms with Gasteiger partial charge in [-0.15, -0.1) is 0 Å². The molecule has 1 heterocycles. The first-order chi connectivity index (χ1) is 10.0.